The highest BCUT2D eigenvalue weighted by molar-refractivity contribution is 7.92. The molecule has 0 aliphatic carbocycles. The van der Waals surface area contributed by atoms with Crippen LogP contribution in [-0.2, 0) is 10.0 Å². The van der Waals surface area contributed by atoms with Gasteiger partial charge in [-0.2, -0.15) is 0 Å². The van der Waals surface area contributed by atoms with E-state index in [1.807, 2.05) is 47.4 Å². The van der Waals surface area contributed by atoms with Gasteiger partial charge in [0.2, 0.25) is 10.0 Å². The van der Waals surface area contributed by atoms with E-state index in [2.05, 4.69) is 51.6 Å². The molecule has 0 unspecified atom stereocenters. The lowest BCUT2D eigenvalue weighted by Crippen LogP contribution is -2.29. The fraction of sp³-hybridized carbons (Fsp3) is 0.214. The molecule has 5 rings (SSSR count). The SMILES string of the molecule is COc1ccc(N2C(=S)N[C@@H](c3ccccn3)[C@@H]2c2cc(C)n(-c3ccccc3)c2C)cc1NS(C)(=O)=O. The summed E-state index contributed by atoms with van der Waals surface area (Å²) < 4.78 is 34.4. The molecule has 1 fully saturated rings. The molecule has 1 saturated heterocycles. The van der Waals surface area contributed by atoms with Gasteiger partial charge in [-0.1, -0.05) is 24.3 Å². The molecular weight excluding hydrogens is 518 g/mol. The van der Waals surface area contributed by atoms with E-state index in [9.17, 15) is 8.42 Å². The summed E-state index contributed by atoms with van der Waals surface area (Å²) in [6.45, 7) is 4.20. The van der Waals surface area contributed by atoms with Crippen molar-refractivity contribution in [3.05, 3.63) is 102 Å². The lowest BCUT2D eigenvalue weighted by atomic mass is 9.96. The summed E-state index contributed by atoms with van der Waals surface area (Å²) in [6.07, 6.45) is 2.88. The van der Waals surface area contributed by atoms with E-state index in [1.165, 1.54) is 7.11 Å². The van der Waals surface area contributed by atoms with E-state index in [0.29, 0.717) is 16.5 Å². The number of nitrogens with one attached hydrogen (secondary N) is 2. The van der Waals surface area contributed by atoms with Crippen LogP contribution in [0.25, 0.3) is 5.69 Å². The van der Waals surface area contributed by atoms with Crippen molar-refractivity contribution in [3.63, 3.8) is 0 Å². The van der Waals surface area contributed by atoms with Crippen LogP contribution in [0.15, 0.2) is 79.0 Å². The zero-order chi connectivity index (χ0) is 27.0. The molecule has 0 spiro atoms. The predicted octanol–water partition coefficient (Wildman–Crippen LogP) is 5.05. The number of nitrogens with zero attached hydrogens (tertiary/aromatic N) is 3. The van der Waals surface area contributed by atoms with E-state index in [-0.39, 0.29) is 12.1 Å². The van der Waals surface area contributed by atoms with Gasteiger partial charge in [0.1, 0.15) is 5.75 Å². The molecule has 3 heterocycles. The summed E-state index contributed by atoms with van der Waals surface area (Å²) in [4.78, 5) is 6.67. The molecule has 0 amide bonds. The molecule has 2 N–H and O–H groups in total. The number of anilines is 2. The molecule has 8 nitrogen and oxygen atoms in total. The average Bonchev–Trinajstić information content (AvgIpc) is 3.39. The van der Waals surface area contributed by atoms with Gasteiger partial charge in [-0.25, -0.2) is 8.42 Å². The van der Waals surface area contributed by atoms with Crippen molar-refractivity contribution < 1.29 is 13.2 Å². The second-order valence-electron chi connectivity index (χ2n) is 9.25. The summed E-state index contributed by atoms with van der Waals surface area (Å²) in [5.74, 6) is 0.414. The minimum absolute atomic E-state index is 0.234. The number of pyridine rings is 1. The van der Waals surface area contributed by atoms with Crippen molar-refractivity contribution >= 4 is 38.7 Å². The monoisotopic (exact) mass is 547 g/mol. The van der Waals surface area contributed by atoms with Gasteiger partial charge in [0.05, 0.1) is 36.8 Å². The van der Waals surface area contributed by atoms with Gasteiger partial charge < -0.3 is 19.5 Å². The number of thiocarbonyl (C=S) groups is 1. The Balaban J connectivity index is 1.68. The van der Waals surface area contributed by atoms with Crippen molar-refractivity contribution in [1.29, 1.82) is 0 Å². The summed E-state index contributed by atoms with van der Waals surface area (Å²) in [6, 6.07) is 23.1. The maximum Gasteiger partial charge on any atom is 0.229 e. The first kappa shape index (κ1) is 25.7. The maximum atomic E-state index is 12.1. The van der Waals surface area contributed by atoms with Gasteiger partial charge in [0, 0.05) is 29.0 Å². The highest BCUT2D eigenvalue weighted by Crippen LogP contribution is 2.45. The van der Waals surface area contributed by atoms with Crippen LogP contribution in [0.5, 0.6) is 5.75 Å². The number of rotatable bonds is 7. The van der Waals surface area contributed by atoms with Crippen LogP contribution in [0.2, 0.25) is 0 Å². The minimum Gasteiger partial charge on any atom is -0.495 e. The summed E-state index contributed by atoms with van der Waals surface area (Å²) in [5, 5.41) is 3.99. The number of aryl methyl sites for hydroxylation is 1. The predicted molar refractivity (Wildman–Crippen MR) is 155 cm³/mol. The Morgan fingerprint density at radius 3 is 2.39 bits per heavy atom. The number of aromatic nitrogens is 2. The maximum absolute atomic E-state index is 12.1. The van der Waals surface area contributed by atoms with Gasteiger partial charge in [0.15, 0.2) is 5.11 Å². The van der Waals surface area contributed by atoms with Gasteiger partial charge in [-0.3, -0.25) is 9.71 Å². The van der Waals surface area contributed by atoms with Crippen molar-refractivity contribution in [3.8, 4) is 11.4 Å². The number of para-hydroxylation sites is 1. The number of hydrogen-bond donors (Lipinski definition) is 2. The lowest BCUT2D eigenvalue weighted by molar-refractivity contribution is 0.417. The number of benzene rings is 2. The molecule has 0 radical (unpaired) electrons. The fourth-order valence-corrected chi connectivity index (χ4v) is 6.04. The molecule has 4 aromatic rings. The Morgan fingerprint density at radius 2 is 1.74 bits per heavy atom. The van der Waals surface area contributed by atoms with Crippen LogP contribution in [0.1, 0.15) is 34.7 Å². The van der Waals surface area contributed by atoms with Gasteiger partial charge in [0.25, 0.3) is 0 Å². The summed E-state index contributed by atoms with van der Waals surface area (Å²) >= 11 is 5.88. The second kappa shape index (κ2) is 10.1. The van der Waals surface area contributed by atoms with Crippen LogP contribution in [-0.4, -0.2) is 36.4 Å². The van der Waals surface area contributed by atoms with Crippen LogP contribution in [0.4, 0.5) is 11.4 Å². The third-order valence-electron chi connectivity index (χ3n) is 6.66. The Morgan fingerprint density at radius 1 is 1.00 bits per heavy atom. The normalized spacial score (nSPS) is 17.4. The van der Waals surface area contributed by atoms with Crippen molar-refractivity contribution in [2.75, 3.05) is 23.0 Å². The second-order valence-corrected chi connectivity index (χ2v) is 11.4. The first-order chi connectivity index (χ1) is 18.2. The Hall–Kier alpha value is -3.89. The first-order valence-corrected chi connectivity index (χ1v) is 14.4. The third-order valence-corrected chi connectivity index (χ3v) is 7.56. The van der Waals surface area contributed by atoms with Crippen LogP contribution >= 0.6 is 12.2 Å². The average molecular weight is 548 g/mol. The molecule has 38 heavy (non-hydrogen) atoms. The highest BCUT2D eigenvalue weighted by Gasteiger charge is 2.42. The van der Waals surface area contributed by atoms with E-state index in [0.717, 1.165) is 40.3 Å². The van der Waals surface area contributed by atoms with Gasteiger partial charge >= 0.3 is 0 Å². The zero-order valence-corrected chi connectivity index (χ0v) is 23.2. The standard InChI is InChI=1S/C28H29N5O3S2/c1-18-16-22(19(2)32(18)20-10-6-5-7-11-20)27-26(23-12-8-9-15-29-23)30-28(37)33(27)21-13-14-25(36-3)24(17-21)31-38(4,34)35/h5-17,26-27,31H,1-4H3,(H,30,37)/t26-,27-/m0/s1. The zero-order valence-electron chi connectivity index (χ0n) is 21.5. The van der Waals surface area contributed by atoms with Crippen molar-refractivity contribution in [1.82, 2.24) is 14.9 Å². The number of ether oxygens (including phenoxy) is 1. The molecule has 0 saturated carbocycles. The topological polar surface area (TPSA) is 88.5 Å². The van der Waals surface area contributed by atoms with Crippen molar-refractivity contribution in [2.24, 2.45) is 0 Å². The van der Waals surface area contributed by atoms with E-state index in [1.54, 1.807) is 18.3 Å². The Kier molecular flexibility index (Phi) is 6.85. The molecule has 10 heteroatoms. The number of hydrogen-bond acceptors (Lipinski definition) is 5. The van der Waals surface area contributed by atoms with Crippen LogP contribution in [0.3, 0.4) is 0 Å². The van der Waals surface area contributed by atoms with E-state index < -0.39 is 10.0 Å². The van der Waals surface area contributed by atoms with E-state index >= 15 is 0 Å². The number of methoxy groups -OCH3 is 1. The van der Waals surface area contributed by atoms with E-state index in [4.69, 9.17) is 17.0 Å². The molecule has 2 aromatic carbocycles. The highest BCUT2D eigenvalue weighted by atomic mass is 32.2. The molecule has 2 aromatic heterocycles. The molecule has 0 bridgehead atoms. The van der Waals surface area contributed by atoms with Crippen molar-refractivity contribution in [2.45, 2.75) is 25.9 Å². The summed E-state index contributed by atoms with van der Waals surface area (Å²) in [5.41, 5.74) is 6.26. The van der Waals surface area contributed by atoms with Crippen LogP contribution < -0.4 is 19.7 Å². The quantitative estimate of drug-likeness (QED) is 0.313. The fourth-order valence-electron chi connectivity index (χ4n) is 5.14. The number of sulfonamides is 1. The first-order valence-electron chi connectivity index (χ1n) is 12.1. The third kappa shape index (κ3) is 4.84. The Labute approximate surface area is 228 Å². The molecule has 1 aliphatic rings. The lowest BCUT2D eigenvalue weighted by Gasteiger charge is -2.29. The van der Waals surface area contributed by atoms with Gasteiger partial charge in [-0.15, -0.1) is 0 Å². The molecule has 1 aliphatic heterocycles. The largest absolute Gasteiger partial charge is 0.495 e. The molecule has 196 valence electrons. The summed E-state index contributed by atoms with van der Waals surface area (Å²) in [7, 11) is -2.03. The minimum atomic E-state index is -3.53. The van der Waals surface area contributed by atoms with Gasteiger partial charge in [-0.05, 0) is 80.2 Å². The molecular formula is C28H29N5O3S2. The van der Waals surface area contributed by atoms with Crippen LogP contribution in [0, 0.1) is 13.8 Å². The Bertz CT molecular complexity index is 1590. The molecule has 2 atom stereocenters. The smallest absolute Gasteiger partial charge is 0.229 e.